The zero-order valence-electron chi connectivity index (χ0n) is 69.9. The second kappa shape index (κ2) is 46.1. The summed E-state index contributed by atoms with van der Waals surface area (Å²) in [5.41, 5.74) is 24.3. The minimum Gasteiger partial charge on any atom is -0.265 e. The summed E-state index contributed by atoms with van der Waals surface area (Å²) >= 11 is 0. The van der Waals surface area contributed by atoms with Gasteiger partial charge in [0, 0.05) is 217 Å². The average Bonchev–Trinajstić information content (AvgIpc) is 0.833. The molecule has 0 N–H and O–H groups in total. The summed E-state index contributed by atoms with van der Waals surface area (Å²) in [7, 11) is 0. The monoisotopic (exact) mass is 1560 g/mol. The standard InChI is InChI=1S/3C23H27N3.2C17H15N3/c1-3-19(21-6-12-25-13-7-21)17-23(22-8-14-26-15-9-22)16-18(2)20-4-10-24-11-5-20;1-3-19(21-8-5-11-25-16-21)14-23(22-9-6-12-26-17-22)13-18(2)20-7-4-10-24-15-20;1-3-19(22-11-5-8-14-25-22)17-20(23-12-6-9-15-26-23)16-18(2)21-10-4-7-13-24-21;1-12-3-14(8-18-6-12)16-5-17(11-20-10-16)15-4-13(2)7-19-9-15;1-12-3-7-16(19-9-12)15-6-8-17(20-11-15)14-5-4-13(2)18-10-14/h4-15,18-19,23H,3,16-17H2,1-2H3;4-12,15-19,23H,3,13-14H2,1-2H3;4-15,18-20H,3,16-17H2,1-2H3;2*3-11H,1-2H3. The van der Waals surface area contributed by atoms with E-state index in [0.29, 0.717) is 53.3 Å². The van der Waals surface area contributed by atoms with E-state index in [2.05, 4.69) is 232 Å². The number of hydrogen-bond donors (Lipinski definition) is 0. The van der Waals surface area contributed by atoms with E-state index in [1.54, 1.807) is 0 Å². The number of rotatable bonds is 28. The molecule has 118 heavy (non-hydrogen) atoms. The molecule has 15 heteroatoms. The molecule has 9 unspecified atom stereocenters. The minimum absolute atomic E-state index is 0.389. The van der Waals surface area contributed by atoms with E-state index in [1.807, 2.05) is 243 Å². The van der Waals surface area contributed by atoms with Crippen LogP contribution in [0.15, 0.2) is 331 Å². The first-order valence-electron chi connectivity index (χ1n) is 41.5. The Labute approximate surface area is 699 Å². The number of nitrogens with zero attached hydrogens (tertiary/aromatic N) is 15. The Bertz CT molecular complexity index is 4830. The summed E-state index contributed by atoms with van der Waals surface area (Å²) < 4.78 is 0. The summed E-state index contributed by atoms with van der Waals surface area (Å²) in [6.45, 7) is 21.8. The Morgan fingerprint density at radius 3 is 1.06 bits per heavy atom. The lowest BCUT2D eigenvalue weighted by molar-refractivity contribution is 0.452. The maximum Gasteiger partial charge on any atom is 0.0717 e. The molecule has 15 rings (SSSR count). The molecule has 598 valence electrons. The highest BCUT2D eigenvalue weighted by Crippen LogP contribution is 2.41. The predicted octanol–water partition coefficient (Wildman–Crippen LogP) is 24.8. The van der Waals surface area contributed by atoms with Gasteiger partial charge in [-0.1, -0.05) is 84.0 Å². The van der Waals surface area contributed by atoms with E-state index >= 15 is 0 Å². The fourth-order valence-electron chi connectivity index (χ4n) is 15.3. The van der Waals surface area contributed by atoms with Gasteiger partial charge in [0.25, 0.3) is 0 Å². The summed E-state index contributed by atoms with van der Waals surface area (Å²) in [4.78, 5) is 65.3. The summed E-state index contributed by atoms with van der Waals surface area (Å²) in [5, 5.41) is 0. The maximum absolute atomic E-state index is 4.67. The third-order valence-corrected chi connectivity index (χ3v) is 22.0. The van der Waals surface area contributed by atoms with E-state index in [0.717, 1.165) is 131 Å². The van der Waals surface area contributed by atoms with Gasteiger partial charge in [0.2, 0.25) is 0 Å². The zero-order valence-corrected chi connectivity index (χ0v) is 69.9. The van der Waals surface area contributed by atoms with Gasteiger partial charge in [0.15, 0.2) is 0 Å². The van der Waals surface area contributed by atoms with E-state index < -0.39 is 0 Å². The van der Waals surface area contributed by atoms with Gasteiger partial charge in [-0.15, -0.1) is 0 Å². The third-order valence-electron chi connectivity index (χ3n) is 22.0. The number of pyridine rings is 15. The fraction of sp³-hybridized carbons (Fsp3) is 0.272. The van der Waals surface area contributed by atoms with Crippen LogP contribution >= 0.6 is 0 Å². The van der Waals surface area contributed by atoms with Crippen molar-refractivity contribution >= 4 is 0 Å². The largest absolute Gasteiger partial charge is 0.265 e. The summed E-state index contributed by atoms with van der Waals surface area (Å²) in [6, 6.07) is 62.7. The second-order valence-corrected chi connectivity index (χ2v) is 30.8. The molecule has 0 spiro atoms. The van der Waals surface area contributed by atoms with Crippen molar-refractivity contribution < 1.29 is 0 Å². The first-order chi connectivity index (χ1) is 57.8. The Morgan fingerprint density at radius 2 is 0.619 bits per heavy atom. The van der Waals surface area contributed by atoms with Gasteiger partial charge in [-0.05, 0) is 317 Å². The van der Waals surface area contributed by atoms with E-state index in [-0.39, 0.29) is 0 Å². The Balaban J connectivity index is 0.000000145. The highest BCUT2D eigenvalue weighted by atomic mass is 14.7. The van der Waals surface area contributed by atoms with Gasteiger partial charge >= 0.3 is 0 Å². The van der Waals surface area contributed by atoms with Crippen molar-refractivity contribution in [2.75, 3.05) is 0 Å². The molecule has 0 amide bonds. The third kappa shape index (κ3) is 26.7. The topological polar surface area (TPSA) is 193 Å². The molecule has 0 aliphatic rings. The van der Waals surface area contributed by atoms with Crippen LogP contribution in [0.1, 0.15) is 225 Å². The average molecular weight is 1560 g/mol. The predicted molar refractivity (Wildman–Crippen MR) is 479 cm³/mol. The van der Waals surface area contributed by atoms with Crippen molar-refractivity contribution in [1.29, 1.82) is 0 Å². The molecule has 0 fully saturated rings. The first kappa shape index (κ1) is 86.1. The van der Waals surface area contributed by atoms with Crippen LogP contribution in [0.25, 0.3) is 44.8 Å². The lowest BCUT2D eigenvalue weighted by atomic mass is 9.79. The summed E-state index contributed by atoms with van der Waals surface area (Å²) in [5.74, 6) is 4.19. The number of aromatic nitrogens is 15. The van der Waals surface area contributed by atoms with Gasteiger partial charge in [-0.3, -0.25) is 74.8 Å². The second-order valence-electron chi connectivity index (χ2n) is 30.8. The molecule has 15 nitrogen and oxygen atoms in total. The van der Waals surface area contributed by atoms with Gasteiger partial charge < -0.3 is 0 Å². The quantitative estimate of drug-likeness (QED) is 0.0449. The molecular weight excluding hydrogens is 1450 g/mol. The summed E-state index contributed by atoms with van der Waals surface area (Å²) in [6.07, 6.45) is 55.2. The fourth-order valence-corrected chi connectivity index (χ4v) is 15.3. The number of aryl methyl sites for hydroxylation is 4. The van der Waals surface area contributed by atoms with Crippen LogP contribution in [-0.2, 0) is 0 Å². The van der Waals surface area contributed by atoms with Crippen molar-refractivity contribution in [3.63, 3.8) is 0 Å². The first-order valence-corrected chi connectivity index (χ1v) is 41.5. The van der Waals surface area contributed by atoms with Crippen LogP contribution < -0.4 is 0 Å². The highest BCUT2D eigenvalue weighted by molar-refractivity contribution is 5.71. The SMILES string of the molecule is CCC(CC(CC(C)c1ccccn1)c1ccccn1)c1ccccn1.CCC(CC(CC(C)c1cccnc1)c1cccnc1)c1cccnc1.CCC(CC(CC(C)c1ccncc1)c1ccncc1)c1ccncc1.Cc1ccc(-c2ccc(-c3ccc(C)nc3)nc2)nc1.Cc1cncc(-c2cncc(-c3cncc(C)c3)c2)c1. The van der Waals surface area contributed by atoms with Crippen LogP contribution in [0.2, 0.25) is 0 Å². The van der Waals surface area contributed by atoms with E-state index in [4.69, 9.17) is 0 Å². The smallest absolute Gasteiger partial charge is 0.0717 e. The normalized spacial score (nSPS) is 13.2. The Hall–Kier alpha value is -12.8. The Kier molecular flexibility index (Phi) is 33.7. The van der Waals surface area contributed by atoms with E-state index in [1.165, 1.54) is 44.8 Å². The molecule has 15 aromatic heterocycles. The molecule has 0 bridgehead atoms. The Morgan fingerprint density at radius 1 is 0.220 bits per heavy atom. The number of hydrogen-bond acceptors (Lipinski definition) is 15. The zero-order chi connectivity index (χ0) is 82.5. The lowest BCUT2D eigenvalue weighted by Gasteiger charge is -2.26. The van der Waals surface area contributed by atoms with Crippen LogP contribution in [0.3, 0.4) is 0 Å². The van der Waals surface area contributed by atoms with Crippen LogP contribution in [0.4, 0.5) is 0 Å². The van der Waals surface area contributed by atoms with Crippen molar-refractivity contribution in [2.45, 2.75) is 180 Å². The maximum atomic E-state index is 4.67. The van der Waals surface area contributed by atoms with Crippen molar-refractivity contribution in [2.24, 2.45) is 0 Å². The molecule has 15 aromatic rings. The molecule has 15 heterocycles. The van der Waals surface area contributed by atoms with Gasteiger partial charge in [0.05, 0.1) is 11.4 Å². The van der Waals surface area contributed by atoms with Crippen molar-refractivity contribution in [1.82, 2.24) is 74.8 Å². The van der Waals surface area contributed by atoms with Crippen LogP contribution in [0, 0.1) is 27.7 Å². The molecule has 9 atom stereocenters. The van der Waals surface area contributed by atoms with Gasteiger partial charge in [-0.25, -0.2) is 0 Å². The highest BCUT2D eigenvalue weighted by Gasteiger charge is 2.26. The molecule has 0 saturated heterocycles. The van der Waals surface area contributed by atoms with Crippen LogP contribution in [0.5, 0.6) is 0 Å². The molecule has 0 radical (unpaired) electrons. The minimum atomic E-state index is 0.389. The molecule has 0 saturated carbocycles. The van der Waals surface area contributed by atoms with Crippen molar-refractivity contribution in [3.05, 3.63) is 404 Å². The molecule has 0 aromatic carbocycles. The lowest BCUT2D eigenvalue weighted by Crippen LogP contribution is -2.12. The van der Waals surface area contributed by atoms with Crippen molar-refractivity contribution in [3.8, 4) is 44.8 Å². The van der Waals surface area contributed by atoms with Gasteiger partial charge in [-0.2, -0.15) is 0 Å². The molecular formula is C103H111N15. The molecule has 0 aliphatic carbocycles. The van der Waals surface area contributed by atoms with E-state index in [9.17, 15) is 0 Å². The van der Waals surface area contributed by atoms with Crippen LogP contribution in [-0.4, -0.2) is 74.8 Å². The molecule has 0 aliphatic heterocycles. The van der Waals surface area contributed by atoms with Gasteiger partial charge in [0.1, 0.15) is 0 Å².